The highest BCUT2D eigenvalue weighted by Crippen LogP contribution is 2.20. The molecule has 2 heterocycles. The molecule has 0 radical (unpaired) electrons. The maximum atomic E-state index is 12.1. The summed E-state index contributed by atoms with van der Waals surface area (Å²) >= 11 is 1.22. The third-order valence-corrected chi connectivity index (χ3v) is 4.29. The molecule has 0 saturated heterocycles. The first-order chi connectivity index (χ1) is 14.2. The number of amides is 2. The molecule has 2 amide bonds. The van der Waals surface area contributed by atoms with Gasteiger partial charge < -0.3 is 26.0 Å². The van der Waals surface area contributed by atoms with Crippen LogP contribution in [0, 0.1) is 0 Å². The lowest BCUT2D eigenvalue weighted by Crippen LogP contribution is -2.38. The fraction of sp³-hybridized carbons (Fsp3) is 0.647. The van der Waals surface area contributed by atoms with Crippen LogP contribution in [-0.4, -0.2) is 74.1 Å². The molecule has 166 valence electrons. The number of anilines is 2. The molecule has 0 fully saturated rings. The quantitative estimate of drug-likeness (QED) is 0.313. The average Bonchev–Trinajstić information content (AvgIpc) is 3.06. The van der Waals surface area contributed by atoms with E-state index in [1.807, 2.05) is 13.8 Å². The van der Waals surface area contributed by atoms with E-state index in [0.29, 0.717) is 35.9 Å². The number of ether oxygens (including phenoxy) is 1. The molecular weight excluding hydrogens is 410 g/mol. The molecule has 2 rings (SSSR count). The van der Waals surface area contributed by atoms with Gasteiger partial charge in [-0.1, -0.05) is 11.8 Å². The van der Waals surface area contributed by atoms with Crippen molar-refractivity contribution in [2.75, 3.05) is 42.6 Å². The molecule has 0 spiro atoms. The van der Waals surface area contributed by atoms with Crippen LogP contribution in [-0.2, 0) is 9.53 Å². The Morgan fingerprint density at radius 1 is 1.03 bits per heavy atom. The predicted molar refractivity (Wildman–Crippen MR) is 115 cm³/mol. The van der Waals surface area contributed by atoms with E-state index in [0.717, 1.165) is 0 Å². The van der Waals surface area contributed by atoms with Crippen molar-refractivity contribution in [1.82, 2.24) is 35.2 Å². The Morgan fingerprint density at radius 2 is 1.73 bits per heavy atom. The van der Waals surface area contributed by atoms with Crippen molar-refractivity contribution in [2.24, 2.45) is 0 Å². The van der Waals surface area contributed by atoms with Crippen LogP contribution in [0.3, 0.4) is 0 Å². The zero-order valence-electron chi connectivity index (χ0n) is 17.9. The van der Waals surface area contributed by atoms with Gasteiger partial charge in [-0.2, -0.15) is 9.97 Å². The van der Waals surface area contributed by atoms with Crippen molar-refractivity contribution in [3.05, 3.63) is 0 Å². The van der Waals surface area contributed by atoms with Crippen LogP contribution in [0.1, 0.15) is 34.6 Å². The highest BCUT2D eigenvalue weighted by molar-refractivity contribution is 7.99. The monoisotopic (exact) mass is 439 g/mol. The standard InChI is InChI=1S/C17H29N9O3S/c1-6-18-12-22-13(19-7-2)26-14(23-12)24-25-15(26)30-10-11(27)20-8-9-21-16(28)29-17(3,4)5/h6-10H2,1-5H3,(H,20,27)(H,21,28)(H2,18,19,22,23,24). The summed E-state index contributed by atoms with van der Waals surface area (Å²) in [4.78, 5) is 32.4. The Bertz CT molecular complexity index is 866. The molecule has 30 heavy (non-hydrogen) atoms. The highest BCUT2D eigenvalue weighted by atomic mass is 32.2. The Labute approximate surface area is 179 Å². The molecule has 0 unspecified atom stereocenters. The van der Waals surface area contributed by atoms with Crippen molar-refractivity contribution in [3.63, 3.8) is 0 Å². The Hall–Kier alpha value is -2.83. The van der Waals surface area contributed by atoms with E-state index in [2.05, 4.69) is 41.4 Å². The highest BCUT2D eigenvalue weighted by Gasteiger charge is 2.17. The SMILES string of the molecule is CCNc1nc(NCC)n2c(SCC(=O)NCCNC(=O)OC(C)(C)C)nnc2n1. The van der Waals surface area contributed by atoms with E-state index in [-0.39, 0.29) is 24.7 Å². The van der Waals surface area contributed by atoms with Gasteiger partial charge in [0.15, 0.2) is 5.16 Å². The van der Waals surface area contributed by atoms with Crippen molar-refractivity contribution in [3.8, 4) is 0 Å². The lowest BCUT2D eigenvalue weighted by Gasteiger charge is -2.19. The van der Waals surface area contributed by atoms with Gasteiger partial charge in [0.05, 0.1) is 5.75 Å². The third-order valence-electron chi connectivity index (χ3n) is 3.36. The van der Waals surface area contributed by atoms with E-state index < -0.39 is 11.7 Å². The van der Waals surface area contributed by atoms with Crippen LogP contribution in [0.15, 0.2) is 5.16 Å². The van der Waals surface area contributed by atoms with Gasteiger partial charge in [-0.3, -0.25) is 4.79 Å². The second kappa shape index (κ2) is 10.8. The molecule has 13 heteroatoms. The summed E-state index contributed by atoms with van der Waals surface area (Å²) < 4.78 is 6.80. The van der Waals surface area contributed by atoms with Gasteiger partial charge in [-0.15, -0.1) is 10.2 Å². The second-order valence-electron chi connectivity index (χ2n) is 7.12. The number of hydrogen-bond donors (Lipinski definition) is 4. The van der Waals surface area contributed by atoms with Crippen LogP contribution in [0.25, 0.3) is 5.78 Å². The molecule has 2 aromatic heterocycles. The van der Waals surface area contributed by atoms with Crippen molar-refractivity contribution >= 4 is 41.4 Å². The molecule has 2 aromatic rings. The topological polar surface area (TPSA) is 147 Å². The number of hydrogen-bond acceptors (Lipinski definition) is 10. The summed E-state index contributed by atoms with van der Waals surface area (Å²) in [5.41, 5.74) is -0.562. The van der Waals surface area contributed by atoms with Gasteiger partial charge in [0, 0.05) is 26.2 Å². The molecule has 0 aromatic carbocycles. The van der Waals surface area contributed by atoms with Gasteiger partial charge in [-0.05, 0) is 34.6 Å². The summed E-state index contributed by atoms with van der Waals surface area (Å²) in [6.45, 7) is 11.2. The summed E-state index contributed by atoms with van der Waals surface area (Å²) in [6, 6.07) is 0. The number of alkyl carbamates (subject to hydrolysis) is 1. The van der Waals surface area contributed by atoms with Crippen LogP contribution in [0.4, 0.5) is 16.7 Å². The molecule has 0 aliphatic heterocycles. The van der Waals surface area contributed by atoms with Crippen LogP contribution < -0.4 is 21.3 Å². The number of fused-ring (bicyclic) bond motifs is 1. The number of nitrogens with zero attached hydrogens (tertiary/aromatic N) is 5. The minimum Gasteiger partial charge on any atom is -0.444 e. The number of nitrogens with one attached hydrogen (secondary N) is 4. The number of aromatic nitrogens is 5. The van der Waals surface area contributed by atoms with Gasteiger partial charge >= 0.3 is 6.09 Å². The minimum atomic E-state index is -0.562. The van der Waals surface area contributed by atoms with Crippen molar-refractivity contribution in [2.45, 2.75) is 45.4 Å². The fourth-order valence-corrected chi connectivity index (χ4v) is 3.02. The van der Waals surface area contributed by atoms with Gasteiger partial charge in [0.2, 0.25) is 17.8 Å². The molecule has 0 saturated carbocycles. The van der Waals surface area contributed by atoms with Gasteiger partial charge in [-0.25, -0.2) is 9.20 Å². The summed E-state index contributed by atoms with van der Waals surface area (Å²) in [7, 11) is 0. The number of thioether (sulfide) groups is 1. The fourth-order valence-electron chi connectivity index (χ4n) is 2.26. The number of rotatable bonds is 10. The molecular formula is C17H29N9O3S. The Balaban J connectivity index is 1.88. The van der Waals surface area contributed by atoms with E-state index in [9.17, 15) is 9.59 Å². The largest absolute Gasteiger partial charge is 0.444 e. The summed E-state index contributed by atoms with van der Waals surface area (Å²) in [6.07, 6.45) is -0.520. The molecule has 0 atom stereocenters. The lowest BCUT2D eigenvalue weighted by atomic mass is 10.2. The second-order valence-corrected chi connectivity index (χ2v) is 8.06. The number of carbonyl (C=O) groups excluding carboxylic acids is 2. The molecule has 0 bridgehead atoms. The molecule has 12 nitrogen and oxygen atoms in total. The third kappa shape index (κ3) is 7.21. The van der Waals surface area contributed by atoms with E-state index in [1.54, 1.807) is 25.2 Å². The smallest absolute Gasteiger partial charge is 0.407 e. The summed E-state index contributed by atoms with van der Waals surface area (Å²) in [5.74, 6) is 1.33. The lowest BCUT2D eigenvalue weighted by molar-refractivity contribution is -0.118. The first-order valence-corrected chi connectivity index (χ1v) is 10.7. The zero-order chi connectivity index (χ0) is 22.1. The number of carbonyl (C=O) groups is 2. The predicted octanol–water partition coefficient (Wildman–Crippen LogP) is 1.12. The van der Waals surface area contributed by atoms with Crippen molar-refractivity contribution in [1.29, 1.82) is 0 Å². The maximum Gasteiger partial charge on any atom is 0.407 e. The summed E-state index contributed by atoms with van der Waals surface area (Å²) in [5, 5.41) is 20.2. The molecule has 0 aliphatic carbocycles. The van der Waals surface area contributed by atoms with Crippen LogP contribution >= 0.6 is 11.8 Å². The van der Waals surface area contributed by atoms with Crippen LogP contribution in [0.2, 0.25) is 0 Å². The van der Waals surface area contributed by atoms with E-state index in [1.165, 1.54) is 11.8 Å². The first-order valence-electron chi connectivity index (χ1n) is 9.70. The average molecular weight is 440 g/mol. The molecule has 4 N–H and O–H groups in total. The zero-order valence-corrected chi connectivity index (χ0v) is 18.7. The van der Waals surface area contributed by atoms with Gasteiger partial charge in [0.1, 0.15) is 5.60 Å². The first kappa shape index (κ1) is 23.4. The van der Waals surface area contributed by atoms with Crippen LogP contribution in [0.5, 0.6) is 0 Å². The normalized spacial score (nSPS) is 11.2. The minimum absolute atomic E-state index is 0.133. The maximum absolute atomic E-state index is 12.1. The Kier molecular flexibility index (Phi) is 8.45. The molecule has 0 aliphatic rings. The van der Waals surface area contributed by atoms with Gasteiger partial charge in [0.25, 0.3) is 5.78 Å². The van der Waals surface area contributed by atoms with E-state index >= 15 is 0 Å². The van der Waals surface area contributed by atoms with E-state index in [4.69, 9.17) is 4.74 Å². The van der Waals surface area contributed by atoms with Crippen molar-refractivity contribution < 1.29 is 14.3 Å². The Morgan fingerprint density at radius 3 is 2.40 bits per heavy atom.